The lowest BCUT2D eigenvalue weighted by Gasteiger charge is -2.01. The summed E-state index contributed by atoms with van der Waals surface area (Å²) in [5.41, 5.74) is 2.55. The van der Waals surface area contributed by atoms with Crippen LogP contribution in [0.4, 0.5) is 11.4 Å². The molecule has 0 saturated carbocycles. The first-order valence-corrected chi connectivity index (χ1v) is 5.03. The monoisotopic (exact) mass is 285 g/mol. The SMILES string of the molecule is CC(=O)C=NNc1ccc(Br)cc1[N+](=O)[O-]. The van der Waals surface area contributed by atoms with Gasteiger partial charge in [-0.05, 0) is 12.1 Å². The van der Waals surface area contributed by atoms with Crippen molar-refractivity contribution in [2.75, 3.05) is 5.43 Å². The summed E-state index contributed by atoms with van der Waals surface area (Å²) in [4.78, 5) is 20.7. The molecule has 0 heterocycles. The Kier molecular flexibility index (Phi) is 4.12. The molecule has 0 aromatic heterocycles. The van der Waals surface area contributed by atoms with E-state index < -0.39 is 4.92 Å². The second-order valence-electron chi connectivity index (χ2n) is 2.90. The third kappa shape index (κ3) is 3.43. The molecule has 0 fully saturated rings. The molecule has 0 spiro atoms. The highest BCUT2D eigenvalue weighted by atomic mass is 79.9. The van der Waals surface area contributed by atoms with E-state index in [1.165, 1.54) is 19.1 Å². The smallest absolute Gasteiger partial charge is 0.293 e. The lowest BCUT2D eigenvalue weighted by Crippen LogP contribution is -1.99. The summed E-state index contributed by atoms with van der Waals surface area (Å²) in [6.07, 6.45) is 1.05. The van der Waals surface area contributed by atoms with E-state index in [0.29, 0.717) is 4.47 Å². The average Bonchev–Trinajstić information content (AvgIpc) is 2.19. The van der Waals surface area contributed by atoms with Crippen LogP contribution in [-0.2, 0) is 4.79 Å². The first kappa shape index (κ1) is 12.3. The Morgan fingerprint density at radius 3 is 2.88 bits per heavy atom. The molecule has 0 aliphatic carbocycles. The minimum atomic E-state index is -0.531. The molecule has 6 nitrogen and oxygen atoms in total. The molecule has 1 aromatic carbocycles. The molecule has 0 radical (unpaired) electrons. The number of benzene rings is 1. The topological polar surface area (TPSA) is 84.6 Å². The first-order chi connectivity index (χ1) is 7.50. The van der Waals surface area contributed by atoms with Crippen molar-refractivity contribution in [1.29, 1.82) is 0 Å². The molecule has 16 heavy (non-hydrogen) atoms. The second kappa shape index (κ2) is 5.36. The van der Waals surface area contributed by atoms with E-state index in [-0.39, 0.29) is 17.2 Å². The number of halogens is 1. The van der Waals surface area contributed by atoms with Crippen molar-refractivity contribution in [2.24, 2.45) is 5.10 Å². The zero-order chi connectivity index (χ0) is 12.1. The Labute approximate surface area is 99.6 Å². The number of ketones is 1. The second-order valence-corrected chi connectivity index (χ2v) is 3.81. The summed E-state index contributed by atoms with van der Waals surface area (Å²) < 4.78 is 0.597. The molecule has 1 aromatic rings. The molecule has 0 saturated heterocycles. The molecule has 0 bridgehead atoms. The minimum Gasteiger partial charge on any atom is -0.293 e. The number of carbonyl (C=O) groups is 1. The van der Waals surface area contributed by atoms with Gasteiger partial charge in [-0.15, -0.1) is 0 Å². The number of anilines is 1. The van der Waals surface area contributed by atoms with E-state index in [9.17, 15) is 14.9 Å². The van der Waals surface area contributed by atoms with Gasteiger partial charge in [-0.25, -0.2) is 0 Å². The third-order valence-electron chi connectivity index (χ3n) is 1.59. The molecule has 84 valence electrons. The number of carbonyl (C=O) groups excluding carboxylic acids is 1. The molecule has 0 unspecified atom stereocenters. The number of hydrazone groups is 1. The van der Waals surface area contributed by atoms with Crippen LogP contribution in [0.25, 0.3) is 0 Å². The average molecular weight is 286 g/mol. The predicted molar refractivity (Wildman–Crippen MR) is 63.6 cm³/mol. The molecular weight excluding hydrogens is 278 g/mol. The number of hydrogen-bond donors (Lipinski definition) is 1. The summed E-state index contributed by atoms with van der Waals surface area (Å²) >= 11 is 3.13. The van der Waals surface area contributed by atoms with Crippen LogP contribution in [0.5, 0.6) is 0 Å². The van der Waals surface area contributed by atoms with Gasteiger partial charge in [0, 0.05) is 17.5 Å². The number of nitrogens with zero attached hydrogens (tertiary/aromatic N) is 2. The zero-order valence-corrected chi connectivity index (χ0v) is 9.89. The summed E-state index contributed by atoms with van der Waals surface area (Å²) in [7, 11) is 0. The van der Waals surface area contributed by atoms with E-state index in [0.717, 1.165) is 6.21 Å². The van der Waals surface area contributed by atoms with Crippen molar-refractivity contribution in [3.05, 3.63) is 32.8 Å². The minimum absolute atomic E-state index is 0.116. The molecule has 1 rings (SSSR count). The van der Waals surface area contributed by atoms with Crippen LogP contribution in [0, 0.1) is 10.1 Å². The Hall–Kier alpha value is -1.76. The number of nitro groups is 1. The van der Waals surface area contributed by atoms with Crippen LogP contribution in [0.1, 0.15) is 6.92 Å². The molecule has 0 atom stereocenters. The highest BCUT2D eigenvalue weighted by molar-refractivity contribution is 9.10. The van der Waals surface area contributed by atoms with Crippen LogP contribution in [0.2, 0.25) is 0 Å². The molecule has 7 heteroatoms. The fourth-order valence-electron chi connectivity index (χ4n) is 0.943. The van der Waals surface area contributed by atoms with Gasteiger partial charge in [-0.2, -0.15) is 5.10 Å². The molecule has 1 N–H and O–H groups in total. The molecular formula is C9H8BrN3O3. The normalized spacial score (nSPS) is 10.4. The van der Waals surface area contributed by atoms with Crippen LogP contribution < -0.4 is 5.43 Å². The predicted octanol–water partition coefficient (Wildman–Crippen LogP) is 2.34. The van der Waals surface area contributed by atoms with Crippen molar-refractivity contribution in [1.82, 2.24) is 0 Å². The van der Waals surface area contributed by atoms with Crippen molar-refractivity contribution in [2.45, 2.75) is 6.92 Å². The van der Waals surface area contributed by atoms with Gasteiger partial charge in [-0.3, -0.25) is 20.3 Å². The lowest BCUT2D eigenvalue weighted by molar-refractivity contribution is -0.384. The quantitative estimate of drug-likeness (QED) is 0.523. The standard InChI is InChI=1S/C9H8BrN3O3/c1-6(14)5-11-12-8-3-2-7(10)4-9(8)13(15)16/h2-5,12H,1H3. The Morgan fingerprint density at radius 2 is 2.31 bits per heavy atom. The number of nitro benzene ring substituents is 1. The molecule has 0 aliphatic rings. The van der Waals surface area contributed by atoms with Crippen LogP contribution in [0.3, 0.4) is 0 Å². The van der Waals surface area contributed by atoms with Gasteiger partial charge in [0.1, 0.15) is 5.69 Å². The highest BCUT2D eigenvalue weighted by Crippen LogP contribution is 2.27. The first-order valence-electron chi connectivity index (χ1n) is 4.24. The van der Waals surface area contributed by atoms with Gasteiger partial charge in [-0.1, -0.05) is 15.9 Å². The summed E-state index contributed by atoms with van der Waals surface area (Å²) in [5, 5.41) is 14.3. The van der Waals surface area contributed by atoms with Crippen molar-refractivity contribution in [3.63, 3.8) is 0 Å². The van der Waals surface area contributed by atoms with Gasteiger partial charge >= 0.3 is 0 Å². The number of rotatable bonds is 4. The fraction of sp³-hybridized carbons (Fsp3) is 0.111. The maximum absolute atomic E-state index is 10.7. The number of Topliss-reactive ketones (excluding diaryl/α,β-unsaturated/α-hetero) is 1. The van der Waals surface area contributed by atoms with Gasteiger partial charge in [0.05, 0.1) is 11.1 Å². The van der Waals surface area contributed by atoms with Gasteiger partial charge < -0.3 is 0 Å². The lowest BCUT2D eigenvalue weighted by atomic mass is 10.3. The highest BCUT2D eigenvalue weighted by Gasteiger charge is 2.13. The van der Waals surface area contributed by atoms with Crippen LogP contribution in [-0.4, -0.2) is 16.9 Å². The summed E-state index contributed by atoms with van der Waals surface area (Å²) in [5.74, 6) is -0.243. The number of nitrogens with one attached hydrogen (secondary N) is 1. The van der Waals surface area contributed by atoms with Gasteiger partial charge in [0.15, 0.2) is 5.78 Å². The number of hydrogen-bond acceptors (Lipinski definition) is 5. The summed E-state index contributed by atoms with van der Waals surface area (Å²) in [6.45, 7) is 1.33. The fourth-order valence-corrected chi connectivity index (χ4v) is 1.29. The Morgan fingerprint density at radius 1 is 1.62 bits per heavy atom. The van der Waals surface area contributed by atoms with E-state index in [2.05, 4.69) is 26.5 Å². The van der Waals surface area contributed by atoms with E-state index >= 15 is 0 Å². The molecule has 0 aliphatic heterocycles. The zero-order valence-electron chi connectivity index (χ0n) is 8.31. The summed E-state index contributed by atoms with van der Waals surface area (Å²) in [6, 6.07) is 4.49. The Bertz CT molecular complexity index is 459. The molecule has 0 amide bonds. The van der Waals surface area contributed by atoms with E-state index in [1.807, 2.05) is 0 Å². The third-order valence-corrected chi connectivity index (χ3v) is 2.08. The Balaban J connectivity index is 2.95. The van der Waals surface area contributed by atoms with E-state index in [1.54, 1.807) is 6.07 Å². The largest absolute Gasteiger partial charge is 0.295 e. The van der Waals surface area contributed by atoms with Crippen molar-refractivity contribution < 1.29 is 9.72 Å². The van der Waals surface area contributed by atoms with Crippen LogP contribution in [0.15, 0.2) is 27.8 Å². The maximum atomic E-state index is 10.7. The van der Waals surface area contributed by atoms with Crippen molar-refractivity contribution in [3.8, 4) is 0 Å². The van der Waals surface area contributed by atoms with Crippen LogP contribution >= 0.6 is 15.9 Å². The van der Waals surface area contributed by atoms with Crippen molar-refractivity contribution >= 4 is 39.3 Å². The maximum Gasteiger partial charge on any atom is 0.295 e. The van der Waals surface area contributed by atoms with E-state index in [4.69, 9.17) is 0 Å². The van der Waals surface area contributed by atoms with Gasteiger partial charge in [0.25, 0.3) is 5.69 Å². The van der Waals surface area contributed by atoms with Gasteiger partial charge in [0.2, 0.25) is 0 Å².